The summed E-state index contributed by atoms with van der Waals surface area (Å²) in [6, 6.07) is 21.7. The van der Waals surface area contributed by atoms with Gasteiger partial charge in [0.2, 0.25) is 5.82 Å². The van der Waals surface area contributed by atoms with Gasteiger partial charge in [-0.05, 0) is 34.9 Å². The Balaban J connectivity index is 1.56. The summed E-state index contributed by atoms with van der Waals surface area (Å²) in [4.78, 5) is 20.1. The maximum atomic E-state index is 13.9. The first-order valence-corrected chi connectivity index (χ1v) is 12.4. The quantitative estimate of drug-likeness (QED) is 0.266. The summed E-state index contributed by atoms with van der Waals surface area (Å²) in [6.07, 6.45) is 1.56. The third kappa shape index (κ3) is 4.81. The second-order valence-corrected chi connectivity index (χ2v) is 9.48. The van der Waals surface area contributed by atoms with E-state index in [1.807, 2.05) is 67.6 Å². The number of hydroxylamine groups is 2. The highest BCUT2D eigenvalue weighted by Gasteiger charge is 2.29. The maximum absolute atomic E-state index is 13.9. The molecule has 0 radical (unpaired) electrons. The summed E-state index contributed by atoms with van der Waals surface area (Å²) in [7, 11) is 3.42. The Bertz CT molecular complexity index is 1450. The first-order chi connectivity index (χ1) is 17.9. The lowest BCUT2D eigenvalue weighted by molar-refractivity contribution is 0.0601. The molecule has 1 fully saturated rings. The Morgan fingerprint density at radius 2 is 1.78 bits per heavy atom. The predicted molar refractivity (Wildman–Crippen MR) is 146 cm³/mol. The van der Waals surface area contributed by atoms with Crippen molar-refractivity contribution < 1.29 is 14.3 Å². The zero-order valence-corrected chi connectivity index (χ0v) is 21.4. The molecule has 0 saturated carbocycles. The molecule has 7 heteroatoms. The number of ether oxygens (including phenoxy) is 2. The lowest BCUT2D eigenvalue weighted by Crippen LogP contribution is -2.52. The summed E-state index contributed by atoms with van der Waals surface area (Å²) < 4.78 is 10.5. The first-order valence-electron chi connectivity index (χ1n) is 12.4. The number of amides is 1. The van der Waals surface area contributed by atoms with Gasteiger partial charge in [0.05, 0.1) is 25.9 Å². The minimum Gasteiger partial charge on any atom is -0.626 e. The van der Waals surface area contributed by atoms with Crippen molar-refractivity contribution in [3.63, 3.8) is 0 Å². The van der Waals surface area contributed by atoms with Crippen LogP contribution in [-0.2, 0) is 11.3 Å². The van der Waals surface area contributed by atoms with Crippen LogP contribution in [0.5, 0.6) is 5.75 Å². The number of rotatable bonds is 6. The van der Waals surface area contributed by atoms with Crippen LogP contribution < -0.4 is 9.38 Å². The Morgan fingerprint density at radius 3 is 2.54 bits per heavy atom. The monoisotopic (exact) mass is 497 g/mol. The van der Waals surface area contributed by atoms with Crippen LogP contribution in [0, 0.1) is 12.1 Å². The largest absolute Gasteiger partial charge is 0.626 e. The molecule has 7 nitrogen and oxygen atoms in total. The normalized spacial score (nSPS) is 14.9. The van der Waals surface area contributed by atoms with E-state index in [1.54, 1.807) is 31.3 Å². The first kappa shape index (κ1) is 24.9. The van der Waals surface area contributed by atoms with Crippen LogP contribution in [0.15, 0.2) is 72.9 Å². The van der Waals surface area contributed by atoms with Gasteiger partial charge in [-0.25, -0.2) is 4.98 Å². The SMILES string of the molecule is COc1ccc2ccccc2c1CN(C)C(=O)c1cnc([N+]2([O-])CCOCC2)cc1-c1ccccc1C. The van der Waals surface area contributed by atoms with Crippen LogP contribution in [0.4, 0.5) is 5.82 Å². The maximum Gasteiger partial charge on any atom is 0.256 e. The van der Waals surface area contributed by atoms with E-state index in [-0.39, 0.29) is 5.91 Å². The van der Waals surface area contributed by atoms with Crippen molar-refractivity contribution in [3.05, 3.63) is 94.8 Å². The minimum absolute atomic E-state index is 0.174. The van der Waals surface area contributed by atoms with Gasteiger partial charge in [-0.1, -0.05) is 54.6 Å². The molecule has 0 spiro atoms. The highest BCUT2D eigenvalue weighted by molar-refractivity contribution is 6.01. The predicted octanol–water partition coefficient (Wildman–Crippen LogP) is 5.33. The van der Waals surface area contributed by atoms with E-state index < -0.39 is 4.65 Å². The number of aromatic nitrogens is 1. The van der Waals surface area contributed by atoms with E-state index in [2.05, 4.69) is 4.98 Å². The van der Waals surface area contributed by atoms with Crippen molar-refractivity contribution in [1.82, 2.24) is 14.5 Å². The molecule has 190 valence electrons. The fraction of sp³-hybridized carbons (Fsp3) is 0.267. The van der Waals surface area contributed by atoms with Crippen molar-refractivity contribution in [2.45, 2.75) is 13.5 Å². The summed E-state index contributed by atoms with van der Waals surface area (Å²) in [5, 5.41) is 15.7. The number of pyridine rings is 1. The van der Waals surface area contributed by atoms with E-state index >= 15 is 0 Å². The minimum atomic E-state index is -0.559. The number of benzene rings is 3. The van der Waals surface area contributed by atoms with Crippen LogP contribution in [0.2, 0.25) is 0 Å². The number of hydrogen-bond donors (Lipinski definition) is 0. The Hall–Kier alpha value is -3.78. The Labute approximate surface area is 217 Å². The molecular weight excluding hydrogens is 466 g/mol. The van der Waals surface area contributed by atoms with Crippen molar-refractivity contribution in [1.29, 1.82) is 0 Å². The molecule has 5 rings (SSSR count). The van der Waals surface area contributed by atoms with Crippen molar-refractivity contribution in [2.75, 3.05) is 40.5 Å². The van der Waals surface area contributed by atoms with Gasteiger partial charge >= 0.3 is 0 Å². The topological polar surface area (TPSA) is 74.7 Å². The molecule has 0 atom stereocenters. The third-order valence-electron chi connectivity index (χ3n) is 7.13. The smallest absolute Gasteiger partial charge is 0.256 e. The molecule has 4 aromatic rings. The van der Waals surface area contributed by atoms with Crippen LogP contribution in [0.25, 0.3) is 21.9 Å². The van der Waals surface area contributed by atoms with Gasteiger partial charge in [-0.2, -0.15) is 0 Å². The summed E-state index contributed by atoms with van der Waals surface area (Å²) in [6.45, 7) is 3.74. The summed E-state index contributed by atoms with van der Waals surface area (Å²) in [5.41, 5.74) is 4.04. The van der Waals surface area contributed by atoms with E-state index in [1.165, 1.54) is 0 Å². The number of carbonyl (C=O) groups excluding carboxylic acids is 1. The molecule has 0 N–H and O–H groups in total. The van der Waals surface area contributed by atoms with Gasteiger partial charge in [0.25, 0.3) is 5.91 Å². The molecule has 1 aliphatic heterocycles. The standard InChI is InChI=1S/C30H31N3O4/c1-21-8-4-6-10-23(21)25-18-29(33(35)14-16-37-17-15-33)31-19-26(25)30(34)32(2)20-27-24-11-7-5-9-22(24)12-13-28(27)36-3/h4-13,18-19H,14-17,20H2,1-3H3. The third-order valence-corrected chi connectivity index (χ3v) is 7.13. The van der Waals surface area contributed by atoms with E-state index in [0.717, 1.165) is 33.2 Å². The van der Waals surface area contributed by atoms with E-state index in [9.17, 15) is 10.0 Å². The van der Waals surface area contributed by atoms with Crippen LogP contribution in [0.3, 0.4) is 0 Å². The van der Waals surface area contributed by atoms with Crippen molar-refractivity contribution in [3.8, 4) is 16.9 Å². The molecule has 1 amide bonds. The number of fused-ring (bicyclic) bond motifs is 1. The fourth-order valence-corrected chi connectivity index (χ4v) is 4.99. The van der Waals surface area contributed by atoms with Gasteiger partial charge in [0.1, 0.15) is 18.8 Å². The van der Waals surface area contributed by atoms with Crippen LogP contribution >= 0.6 is 0 Å². The zero-order valence-electron chi connectivity index (χ0n) is 21.4. The highest BCUT2D eigenvalue weighted by Crippen LogP contribution is 2.34. The number of nitrogens with zero attached hydrogens (tertiary/aromatic N) is 3. The van der Waals surface area contributed by atoms with Gasteiger partial charge in [0.15, 0.2) is 0 Å². The van der Waals surface area contributed by atoms with Gasteiger partial charge in [0, 0.05) is 37.0 Å². The van der Waals surface area contributed by atoms with Crippen molar-refractivity contribution >= 4 is 22.5 Å². The van der Waals surface area contributed by atoms with E-state index in [0.29, 0.717) is 49.8 Å². The second kappa shape index (κ2) is 10.3. The van der Waals surface area contributed by atoms with Gasteiger partial charge in [-0.3, -0.25) is 4.79 Å². The number of aryl methyl sites for hydroxylation is 1. The molecule has 0 aliphatic carbocycles. The summed E-state index contributed by atoms with van der Waals surface area (Å²) >= 11 is 0. The summed E-state index contributed by atoms with van der Waals surface area (Å²) in [5.74, 6) is 0.958. The molecule has 0 unspecified atom stereocenters. The van der Waals surface area contributed by atoms with Gasteiger partial charge in [-0.15, -0.1) is 0 Å². The molecule has 1 aromatic heterocycles. The Kier molecular flexibility index (Phi) is 6.93. The van der Waals surface area contributed by atoms with Crippen molar-refractivity contribution in [2.24, 2.45) is 0 Å². The molecular formula is C30H31N3O4. The lowest BCUT2D eigenvalue weighted by atomic mass is 9.96. The highest BCUT2D eigenvalue weighted by atomic mass is 16.6. The Morgan fingerprint density at radius 1 is 1.05 bits per heavy atom. The number of methoxy groups -OCH3 is 1. The molecule has 0 bridgehead atoms. The number of carbonyl (C=O) groups is 1. The zero-order chi connectivity index (χ0) is 26.0. The molecule has 37 heavy (non-hydrogen) atoms. The van der Waals surface area contributed by atoms with E-state index in [4.69, 9.17) is 9.47 Å². The average Bonchev–Trinajstić information content (AvgIpc) is 2.93. The van der Waals surface area contributed by atoms with Gasteiger partial charge < -0.3 is 24.2 Å². The number of morpholine rings is 1. The number of hydrogen-bond acceptors (Lipinski definition) is 5. The molecule has 2 heterocycles. The molecule has 1 saturated heterocycles. The van der Waals surface area contributed by atoms with Crippen LogP contribution in [0.1, 0.15) is 21.5 Å². The van der Waals surface area contributed by atoms with Crippen LogP contribution in [-0.4, -0.2) is 56.3 Å². The second-order valence-electron chi connectivity index (χ2n) is 9.48. The molecule has 3 aromatic carbocycles. The molecule has 1 aliphatic rings. The fourth-order valence-electron chi connectivity index (χ4n) is 4.99. The average molecular weight is 498 g/mol. The lowest BCUT2D eigenvalue weighted by Gasteiger charge is -2.43. The number of quaternary nitrogens is 1.